The van der Waals surface area contributed by atoms with Gasteiger partial charge in [-0.25, -0.2) is 0 Å². The molecule has 2 aromatic heterocycles. The van der Waals surface area contributed by atoms with E-state index in [4.69, 9.17) is 5.73 Å². The summed E-state index contributed by atoms with van der Waals surface area (Å²) in [5.41, 5.74) is 15.0. The Balaban J connectivity index is 1.66. The van der Waals surface area contributed by atoms with E-state index in [9.17, 15) is 0 Å². The average Bonchev–Trinajstić information content (AvgIpc) is 3.35. The minimum absolute atomic E-state index is 0.765. The highest BCUT2D eigenvalue weighted by Crippen LogP contribution is 2.42. The van der Waals surface area contributed by atoms with Crippen molar-refractivity contribution in [2.24, 2.45) is 0 Å². The Morgan fingerprint density at radius 2 is 1.30 bits per heavy atom. The third-order valence-electron chi connectivity index (χ3n) is 5.26. The van der Waals surface area contributed by atoms with Crippen molar-refractivity contribution >= 4 is 17.0 Å². The molecule has 0 aliphatic carbocycles. The van der Waals surface area contributed by atoms with Crippen molar-refractivity contribution < 1.29 is 0 Å². The van der Waals surface area contributed by atoms with E-state index in [1.165, 1.54) is 11.1 Å². The van der Waals surface area contributed by atoms with Gasteiger partial charge in [0.15, 0.2) is 0 Å². The number of nitrogen functional groups attached to an aromatic ring is 1. The van der Waals surface area contributed by atoms with Gasteiger partial charge in [0.05, 0.1) is 11.4 Å². The second-order valence-electron chi connectivity index (χ2n) is 7.09. The summed E-state index contributed by atoms with van der Waals surface area (Å²) in [6.45, 7) is 0. The first-order valence-electron chi connectivity index (χ1n) is 9.85. The molecule has 0 bridgehead atoms. The van der Waals surface area contributed by atoms with Gasteiger partial charge in [0.2, 0.25) is 0 Å². The van der Waals surface area contributed by atoms with E-state index in [0.29, 0.717) is 0 Å². The second-order valence-corrected chi connectivity index (χ2v) is 8.03. The topological polar surface area (TPSA) is 38.9 Å². The van der Waals surface area contributed by atoms with E-state index in [0.717, 1.165) is 38.5 Å². The minimum atomic E-state index is 0.765. The van der Waals surface area contributed by atoms with Crippen LogP contribution in [0, 0.1) is 0 Å². The summed E-state index contributed by atoms with van der Waals surface area (Å²) in [6, 6.07) is 33.4. The van der Waals surface area contributed by atoms with Crippen molar-refractivity contribution in [2.75, 3.05) is 5.73 Å². The lowest BCUT2D eigenvalue weighted by molar-refractivity contribution is 1.33. The van der Waals surface area contributed by atoms with Gasteiger partial charge in [-0.1, -0.05) is 78.9 Å². The van der Waals surface area contributed by atoms with Gasteiger partial charge in [-0.05, 0) is 45.8 Å². The summed E-state index contributed by atoms with van der Waals surface area (Å²) < 4.78 is 0. The van der Waals surface area contributed by atoms with Crippen molar-refractivity contribution in [3.8, 4) is 44.0 Å². The van der Waals surface area contributed by atoms with Crippen LogP contribution in [-0.4, -0.2) is 4.98 Å². The summed E-state index contributed by atoms with van der Waals surface area (Å²) in [4.78, 5) is 5.77. The Morgan fingerprint density at radius 1 is 0.600 bits per heavy atom. The number of thiophene rings is 1. The van der Waals surface area contributed by atoms with E-state index in [-0.39, 0.29) is 0 Å². The molecular formula is C27H20N2S. The molecule has 2 N–H and O–H groups in total. The SMILES string of the molecule is Nc1c(-c2cccs2)ccc(-c2ccc(-c3ccccc3)cc2)c1-c1ccccn1. The van der Waals surface area contributed by atoms with E-state index < -0.39 is 0 Å². The molecule has 0 aliphatic heterocycles. The van der Waals surface area contributed by atoms with Crippen LogP contribution in [0.2, 0.25) is 0 Å². The molecule has 2 heterocycles. The molecule has 0 saturated heterocycles. The van der Waals surface area contributed by atoms with Crippen molar-refractivity contribution in [3.63, 3.8) is 0 Å². The molecule has 0 fully saturated rings. The molecule has 3 heteroatoms. The van der Waals surface area contributed by atoms with Crippen LogP contribution in [0.1, 0.15) is 0 Å². The van der Waals surface area contributed by atoms with Gasteiger partial charge >= 0.3 is 0 Å². The standard InChI is InChI=1S/C27H20N2S/c28-27-23(25-10-6-18-30-25)16-15-22(26(27)24-9-4-5-17-29-24)21-13-11-20(12-14-21)19-7-2-1-3-8-19/h1-18H,28H2. The number of anilines is 1. The summed E-state index contributed by atoms with van der Waals surface area (Å²) in [6.07, 6.45) is 1.81. The van der Waals surface area contributed by atoms with Gasteiger partial charge in [0, 0.05) is 22.2 Å². The first-order chi connectivity index (χ1) is 14.8. The first-order valence-corrected chi connectivity index (χ1v) is 10.7. The third kappa shape index (κ3) is 3.40. The fourth-order valence-corrected chi connectivity index (χ4v) is 4.53. The quantitative estimate of drug-likeness (QED) is 0.317. The van der Waals surface area contributed by atoms with E-state index in [1.54, 1.807) is 11.3 Å². The highest BCUT2D eigenvalue weighted by atomic mass is 32.1. The molecule has 2 nitrogen and oxygen atoms in total. The van der Waals surface area contributed by atoms with Gasteiger partial charge in [0.1, 0.15) is 0 Å². The second kappa shape index (κ2) is 7.97. The molecule has 0 aliphatic rings. The number of hydrogen-bond donors (Lipinski definition) is 1. The largest absolute Gasteiger partial charge is 0.398 e. The molecule has 0 atom stereocenters. The number of benzene rings is 3. The molecule has 0 amide bonds. The molecule has 144 valence electrons. The summed E-state index contributed by atoms with van der Waals surface area (Å²) >= 11 is 1.69. The van der Waals surface area contributed by atoms with Crippen LogP contribution < -0.4 is 5.73 Å². The van der Waals surface area contributed by atoms with E-state index >= 15 is 0 Å². The lowest BCUT2D eigenvalue weighted by Crippen LogP contribution is -1.98. The zero-order valence-corrected chi connectivity index (χ0v) is 17.1. The van der Waals surface area contributed by atoms with Crippen LogP contribution in [0.25, 0.3) is 44.0 Å². The van der Waals surface area contributed by atoms with Gasteiger partial charge in [0.25, 0.3) is 0 Å². The first kappa shape index (κ1) is 18.3. The molecule has 0 saturated carbocycles. The Labute approximate surface area is 180 Å². The Morgan fingerprint density at radius 3 is 2.00 bits per heavy atom. The fraction of sp³-hybridized carbons (Fsp3) is 0. The molecule has 0 spiro atoms. The molecule has 0 unspecified atom stereocenters. The Bertz CT molecular complexity index is 1260. The average molecular weight is 405 g/mol. The monoisotopic (exact) mass is 404 g/mol. The zero-order chi connectivity index (χ0) is 20.3. The lowest BCUT2D eigenvalue weighted by atomic mass is 9.91. The highest BCUT2D eigenvalue weighted by Gasteiger charge is 2.17. The van der Waals surface area contributed by atoms with E-state index in [2.05, 4.69) is 83.2 Å². The number of nitrogens with two attached hydrogens (primary N) is 1. The predicted molar refractivity (Wildman–Crippen MR) is 128 cm³/mol. The lowest BCUT2D eigenvalue weighted by Gasteiger charge is -2.16. The maximum atomic E-state index is 6.73. The molecule has 3 aromatic carbocycles. The minimum Gasteiger partial charge on any atom is -0.398 e. The van der Waals surface area contributed by atoms with Gasteiger partial charge in [-0.15, -0.1) is 11.3 Å². The Hall–Kier alpha value is -3.69. The molecule has 5 rings (SSSR count). The maximum Gasteiger partial charge on any atom is 0.0729 e. The number of hydrogen-bond acceptors (Lipinski definition) is 3. The normalized spacial score (nSPS) is 10.8. The molecule has 0 radical (unpaired) electrons. The van der Waals surface area contributed by atoms with Gasteiger partial charge < -0.3 is 5.73 Å². The van der Waals surface area contributed by atoms with Crippen molar-refractivity contribution in [3.05, 3.63) is 109 Å². The highest BCUT2D eigenvalue weighted by molar-refractivity contribution is 7.13. The third-order valence-corrected chi connectivity index (χ3v) is 6.16. The van der Waals surface area contributed by atoms with Crippen LogP contribution in [0.5, 0.6) is 0 Å². The summed E-state index contributed by atoms with van der Waals surface area (Å²) in [5, 5.41) is 2.07. The zero-order valence-electron chi connectivity index (χ0n) is 16.3. The van der Waals surface area contributed by atoms with Crippen LogP contribution >= 0.6 is 11.3 Å². The van der Waals surface area contributed by atoms with Crippen molar-refractivity contribution in [1.29, 1.82) is 0 Å². The summed E-state index contributed by atoms with van der Waals surface area (Å²) in [7, 11) is 0. The van der Waals surface area contributed by atoms with E-state index in [1.807, 2.05) is 30.5 Å². The fourth-order valence-electron chi connectivity index (χ4n) is 3.77. The van der Waals surface area contributed by atoms with Gasteiger partial charge in [-0.2, -0.15) is 0 Å². The smallest absolute Gasteiger partial charge is 0.0729 e. The van der Waals surface area contributed by atoms with Crippen LogP contribution in [0.15, 0.2) is 109 Å². The van der Waals surface area contributed by atoms with Gasteiger partial charge in [-0.3, -0.25) is 4.98 Å². The van der Waals surface area contributed by atoms with Crippen LogP contribution in [0.4, 0.5) is 5.69 Å². The predicted octanol–water partition coefficient (Wildman–Crippen LogP) is 7.39. The summed E-state index contributed by atoms with van der Waals surface area (Å²) in [5.74, 6) is 0. The molecule has 5 aromatic rings. The number of pyridine rings is 1. The number of nitrogens with zero attached hydrogens (tertiary/aromatic N) is 1. The maximum absolute atomic E-state index is 6.73. The number of rotatable bonds is 4. The van der Waals surface area contributed by atoms with Crippen LogP contribution in [-0.2, 0) is 0 Å². The molecule has 30 heavy (non-hydrogen) atoms. The van der Waals surface area contributed by atoms with Crippen molar-refractivity contribution in [1.82, 2.24) is 4.98 Å². The Kier molecular flexibility index (Phi) is 4.88. The number of aromatic nitrogens is 1. The van der Waals surface area contributed by atoms with Crippen LogP contribution in [0.3, 0.4) is 0 Å². The van der Waals surface area contributed by atoms with Crippen molar-refractivity contribution in [2.45, 2.75) is 0 Å². The molecular weight excluding hydrogens is 384 g/mol.